The number of aryl methyl sites for hydroxylation is 1. The number of fused-ring (bicyclic) bond motifs is 2. The molecule has 0 aliphatic carbocycles. The number of benzene rings is 3. The Morgan fingerprint density at radius 2 is 1.69 bits per heavy atom. The van der Waals surface area contributed by atoms with E-state index in [-0.39, 0.29) is 5.96 Å². The molecule has 5 rings (SSSR count). The van der Waals surface area contributed by atoms with Crippen LogP contribution in [0.4, 0.5) is 11.4 Å². The highest BCUT2D eigenvalue weighted by atomic mass is 15.3. The van der Waals surface area contributed by atoms with Crippen molar-refractivity contribution in [3.05, 3.63) is 66.9 Å². The van der Waals surface area contributed by atoms with Gasteiger partial charge in [-0.3, -0.25) is 5.41 Å². The predicted octanol–water partition coefficient (Wildman–Crippen LogP) is 4.23. The second kappa shape index (κ2) is 8.77. The summed E-state index contributed by atoms with van der Waals surface area (Å²) in [6.07, 6.45) is 2.00. The maximum atomic E-state index is 8.20. The Kier molecular flexibility index (Phi) is 5.60. The number of nitrogens with zero attached hydrogens (tertiary/aromatic N) is 5. The van der Waals surface area contributed by atoms with Gasteiger partial charge in [0.25, 0.3) is 0 Å². The van der Waals surface area contributed by atoms with Gasteiger partial charge in [-0.2, -0.15) is 0 Å². The van der Waals surface area contributed by atoms with E-state index >= 15 is 0 Å². The molecule has 0 aliphatic heterocycles. The summed E-state index contributed by atoms with van der Waals surface area (Å²) < 4.78 is 2.06. The molecule has 0 unspecified atom stereocenters. The van der Waals surface area contributed by atoms with E-state index in [4.69, 9.17) is 21.9 Å². The quantitative estimate of drug-likeness (QED) is 0.227. The van der Waals surface area contributed by atoms with Crippen LogP contribution in [-0.4, -0.2) is 52.5 Å². The summed E-state index contributed by atoms with van der Waals surface area (Å²) in [6, 6.07) is 20.3. The third-order valence-corrected chi connectivity index (χ3v) is 6.37. The van der Waals surface area contributed by atoms with Crippen LogP contribution in [-0.2, 0) is 7.05 Å². The fourth-order valence-electron chi connectivity index (χ4n) is 4.42. The van der Waals surface area contributed by atoms with E-state index in [1.165, 1.54) is 0 Å². The monoisotopic (exact) mass is 479 g/mol. The van der Waals surface area contributed by atoms with Gasteiger partial charge in [-0.15, -0.1) is 0 Å². The van der Waals surface area contributed by atoms with Crippen LogP contribution in [0.2, 0.25) is 0 Å². The molecule has 2 heterocycles. The molecule has 0 saturated carbocycles. The second-order valence-electron chi connectivity index (χ2n) is 8.99. The Balaban J connectivity index is 1.53. The summed E-state index contributed by atoms with van der Waals surface area (Å²) in [4.78, 5) is 16.1. The average molecular weight is 480 g/mol. The molecule has 6 N–H and O–H groups in total. The first-order valence-corrected chi connectivity index (χ1v) is 11.5. The van der Waals surface area contributed by atoms with Crippen LogP contribution in [0.15, 0.2) is 71.9 Å². The lowest BCUT2D eigenvalue weighted by molar-refractivity contribution is 0.603. The minimum Gasteiger partial charge on any atom is -0.370 e. The molecule has 0 spiro atoms. The Hall–Kier alpha value is -4.79. The van der Waals surface area contributed by atoms with Crippen LogP contribution >= 0.6 is 0 Å². The summed E-state index contributed by atoms with van der Waals surface area (Å²) in [5.41, 5.74) is 18.8. The Labute approximate surface area is 209 Å². The molecule has 0 bridgehead atoms. The van der Waals surface area contributed by atoms with Gasteiger partial charge in [-0.1, -0.05) is 18.2 Å². The predicted molar refractivity (Wildman–Crippen MR) is 149 cm³/mol. The van der Waals surface area contributed by atoms with Gasteiger partial charge >= 0.3 is 0 Å². The number of nitrogens with one attached hydrogen (secondary N) is 2. The molecule has 9 heteroatoms. The molecule has 36 heavy (non-hydrogen) atoms. The third-order valence-electron chi connectivity index (χ3n) is 6.37. The zero-order valence-corrected chi connectivity index (χ0v) is 20.7. The van der Waals surface area contributed by atoms with Crippen LogP contribution in [0, 0.1) is 5.41 Å². The first kappa shape index (κ1) is 23.0. The van der Waals surface area contributed by atoms with Crippen molar-refractivity contribution in [2.24, 2.45) is 23.5 Å². The SMILES string of the molecule is CN(C)C(=N)N(C)c1ccc(-c2ccc3[nH]cc(-c4nc5ccc(N=C(N)N)cc5n4C)c3c2)cc1. The molecular formula is C27H29N9. The lowest BCUT2D eigenvalue weighted by Gasteiger charge is -2.25. The average Bonchev–Trinajstić information content (AvgIpc) is 3.43. The van der Waals surface area contributed by atoms with E-state index < -0.39 is 0 Å². The summed E-state index contributed by atoms with van der Waals surface area (Å²) in [5.74, 6) is 1.31. The summed E-state index contributed by atoms with van der Waals surface area (Å²) >= 11 is 0. The number of imidazole rings is 1. The number of rotatable bonds is 4. The molecule has 182 valence electrons. The van der Waals surface area contributed by atoms with Gasteiger partial charge in [0.1, 0.15) is 5.82 Å². The standard InChI is InChI=1S/C27H29N9/c1-34(2)27(30)35(3)19-9-5-16(6-10-19)17-7-11-22-20(13-17)21(15-31-22)25-33-23-12-8-18(32-26(28)29)14-24(23)36(25)4/h5-15,30-31H,1-4H3,(H4,28,29,32). The van der Waals surface area contributed by atoms with Gasteiger partial charge in [-0.05, 0) is 53.6 Å². The summed E-state index contributed by atoms with van der Waals surface area (Å²) in [5, 5.41) is 9.29. The molecule has 9 nitrogen and oxygen atoms in total. The van der Waals surface area contributed by atoms with Crippen molar-refractivity contribution in [1.82, 2.24) is 19.4 Å². The zero-order valence-electron chi connectivity index (χ0n) is 20.7. The van der Waals surface area contributed by atoms with Crippen LogP contribution < -0.4 is 16.4 Å². The molecule has 0 atom stereocenters. The van der Waals surface area contributed by atoms with E-state index in [0.717, 1.165) is 50.1 Å². The van der Waals surface area contributed by atoms with E-state index in [1.807, 2.05) is 69.6 Å². The maximum Gasteiger partial charge on any atom is 0.197 e. The van der Waals surface area contributed by atoms with E-state index in [1.54, 1.807) is 4.90 Å². The molecule has 3 aromatic carbocycles. The van der Waals surface area contributed by atoms with Crippen molar-refractivity contribution in [1.29, 1.82) is 5.41 Å². The van der Waals surface area contributed by atoms with Gasteiger partial charge in [0.15, 0.2) is 11.9 Å². The fourth-order valence-corrected chi connectivity index (χ4v) is 4.42. The van der Waals surface area contributed by atoms with Gasteiger partial charge in [0.2, 0.25) is 0 Å². The second-order valence-corrected chi connectivity index (χ2v) is 8.99. The maximum absolute atomic E-state index is 8.20. The minimum absolute atomic E-state index is 0.0246. The zero-order chi connectivity index (χ0) is 25.6. The van der Waals surface area contributed by atoms with Crippen molar-refractivity contribution >= 4 is 45.2 Å². The number of guanidine groups is 2. The molecule has 0 saturated heterocycles. The highest BCUT2D eigenvalue weighted by Crippen LogP contribution is 2.34. The van der Waals surface area contributed by atoms with Crippen molar-refractivity contribution in [2.45, 2.75) is 0 Å². The number of hydrogen-bond acceptors (Lipinski definition) is 3. The largest absolute Gasteiger partial charge is 0.370 e. The van der Waals surface area contributed by atoms with Crippen LogP contribution in [0.1, 0.15) is 0 Å². The number of anilines is 1. The summed E-state index contributed by atoms with van der Waals surface area (Å²) in [6.45, 7) is 0. The van der Waals surface area contributed by atoms with Gasteiger partial charge in [0, 0.05) is 56.5 Å². The molecule has 2 aromatic heterocycles. The number of aromatic nitrogens is 3. The topological polar surface area (TPSA) is 128 Å². The van der Waals surface area contributed by atoms with Gasteiger partial charge in [-0.25, -0.2) is 9.98 Å². The van der Waals surface area contributed by atoms with Crippen LogP contribution in [0.25, 0.3) is 44.5 Å². The van der Waals surface area contributed by atoms with Crippen LogP contribution in [0.3, 0.4) is 0 Å². The van der Waals surface area contributed by atoms with Crippen molar-refractivity contribution in [3.63, 3.8) is 0 Å². The van der Waals surface area contributed by atoms with Crippen molar-refractivity contribution in [3.8, 4) is 22.5 Å². The van der Waals surface area contributed by atoms with Crippen molar-refractivity contribution in [2.75, 3.05) is 26.0 Å². The lowest BCUT2D eigenvalue weighted by atomic mass is 10.0. The molecule has 0 aliphatic rings. The number of hydrogen-bond donors (Lipinski definition) is 4. The molecule has 0 fully saturated rings. The normalized spacial score (nSPS) is 11.1. The Morgan fingerprint density at radius 1 is 0.972 bits per heavy atom. The summed E-state index contributed by atoms with van der Waals surface area (Å²) in [7, 11) is 7.62. The molecule has 5 aromatic rings. The van der Waals surface area contributed by atoms with E-state index in [2.05, 4.69) is 44.9 Å². The lowest BCUT2D eigenvalue weighted by Crippen LogP contribution is -2.37. The van der Waals surface area contributed by atoms with Gasteiger partial charge < -0.3 is 30.8 Å². The number of aliphatic imine (C=N–C) groups is 1. The molecular weight excluding hydrogens is 450 g/mol. The van der Waals surface area contributed by atoms with Gasteiger partial charge in [0.05, 0.1) is 16.7 Å². The highest BCUT2D eigenvalue weighted by molar-refractivity contribution is 5.99. The number of aromatic amines is 1. The fraction of sp³-hybridized carbons (Fsp3) is 0.148. The number of nitrogens with two attached hydrogens (primary N) is 2. The van der Waals surface area contributed by atoms with E-state index in [0.29, 0.717) is 11.6 Å². The Bertz CT molecular complexity index is 1620. The number of H-pyrrole nitrogens is 1. The minimum atomic E-state index is 0.0246. The van der Waals surface area contributed by atoms with E-state index in [9.17, 15) is 0 Å². The Morgan fingerprint density at radius 3 is 2.39 bits per heavy atom. The molecule has 0 radical (unpaired) electrons. The molecule has 0 amide bonds. The first-order valence-electron chi connectivity index (χ1n) is 11.5. The highest BCUT2D eigenvalue weighted by Gasteiger charge is 2.16. The van der Waals surface area contributed by atoms with Crippen LogP contribution in [0.5, 0.6) is 0 Å². The smallest absolute Gasteiger partial charge is 0.197 e. The van der Waals surface area contributed by atoms with Crippen molar-refractivity contribution < 1.29 is 0 Å². The first-order chi connectivity index (χ1) is 17.2. The third kappa shape index (κ3) is 4.00.